The van der Waals surface area contributed by atoms with Gasteiger partial charge in [-0.25, -0.2) is 4.39 Å². The SMILES string of the molecule is C[C@@H](N)c1cc(F)c2c(c1N)CCC2. The molecule has 1 aliphatic carbocycles. The van der Waals surface area contributed by atoms with Crippen molar-refractivity contribution in [3.63, 3.8) is 0 Å². The standard InChI is InChI=1S/C11H15FN2/c1-6(13)9-5-10(12)7-3-2-4-8(7)11(9)14/h5-6H,2-4,13-14H2,1H3/t6-/m1/s1. The van der Waals surface area contributed by atoms with Crippen molar-refractivity contribution in [2.24, 2.45) is 5.73 Å². The smallest absolute Gasteiger partial charge is 0.127 e. The molecule has 0 fully saturated rings. The summed E-state index contributed by atoms with van der Waals surface area (Å²) in [6.07, 6.45) is 2.70. The number of anilines is 1. The normalized spacial score (nSPS) is 16.8. The number of halogens is 1. The van der Waals surface area contributed by atoms with E-state index in [0.29, 0.717) is 5.69 Å². The zero-order valence-electron chi connectivity index (χ0n) is 8.31. The largest absolute Gasteiger partial charge is 0.398 e. The lowest BCUT2D eigenvalue weighted by atomic mass is 9.99. The first-order valence-corrected chi connectivity index (χ1v) is 4.96. The maximum absolute atomic E-state index is 13.6. The van der Waals surface area contributed by atoms with E-state index < -0.39 is 0 Å². The summed E-state index contributed by atoms with van der Waals surface area (Å²) in [5.74, 6) is -0.140. The van der Waals surface area contributed by atoms with E-state index in [1.165, 1.54) is 6.07 Å². The molecular formula is C11H15FN2. The van der Waals surface area contributed by atoms with Gasteiger partial charge in [0.1, 0.15) is 5.82 Å². The lowest BCUT2D eigenvalue weighted by Crippen LogP contribution is -2.11. The lowest BCUT2D eigenvalue weighted by Gasteiger charge is -2.14. The molecule has 0 amide bonds. The van der Waals surface area contributed by atoms with Crippen LogP contribution in [0.5, 0.6) is 0 Å². The first-order chi connectivity index (χ1) is 6.61. The molecule has 2 nitrogen and oxygen atoms in total. The molecule has 0 unspecified atom stereocenters. The van der Waals surface area contributed by atoms with Crippen molar-refractivity contribution < 1.29 is 4.39 Å². The Morgan fingerprint density at radius 3 is 2.64 bits per heavy atom. The van der Waals surface area contributed by atoms with Crippen molar-refractivity contribution in [1.29, 1.82) is 0 Å². The summed E-state index contributed by atoms with van der Waals surface area (Å²) in [5.41, 5.74) is 14.9. The fourth-order valence-corrected chi connectivity index (χ4v) is 2.16. The number of rotatable bonds is 1. The first kappa shape index (κ1) is 9.46. The molecular weight excluding hydrogens is 179 g/mol. The number of nitrogen functional groups attached to an aromatic ring is 1. The van der Waals surface area contributed by atoms with Crippen LogP contribution in [0, 0.1) is 5.82 Å². The quantitative estimate of drug-likeness (QED) is 0.671. The van der Waals surface area contributed by atoms with E-state index in [2.05, 4.69) is 0 Å². The summed E-state index contributed by atoms with van der Waals surface area (Å²) in [5, 5.41) is 0. The van der Waals surface area contributed by atoms with Gasteiger partial charge in [-0.2, -0.15) is 0 Å². The van der Waals surface area contributed by atoms with Crippen LogP contribution in [-0.2, 0) is 12.8 Å². The molecule has 0 bridgehead atoms. The van der Waals surface area contributed by atoms with Gasteiger partial charge in [0.05, 0.1) is 0 Å². The molecule has 76 valence electrons. The third-order valence-corrected chi connectivity index (χ3v) is 2.92. The third kappa shape index (κ3) is 1.28. The van der Waals surface area contributed by atoms with Gasteiger partial charge in [-0.15, -0.1) is 0 Å². The van der Waals surface area contributed by atoms with E-state index in [-0.39, 0.29) is 11.9 Å². The van der Waals surface area contributed by atoms with Crippen LogP contribution in [0.4, 0.5) is 10.1 Å². The Labute approximate surface area is 83.1 Å². The van der Waals surface area contributed by atoms with E-state index in [0.717, 1.165) is 36.0 Å². The Morgan fingerprint density at radius 2 is 2.00 bits per heavy atom. The van der Waals surface area contributed by atoms with Gasteiger partial charge >= 0.3 is 0 Å². The fraction of sp³-hybridized carbons (Fsp3) is 0.455. The van der Waals surface area contributed by atoms with Gasteiger partial charge in [0.25, 0.3) is 0 Å². The molecule has 0 aliphatic heterocycles. The molecule has 3 heteroatoms. The monoisotopic (exact) mass is 194 g/mol. The van der Waals surface area contributed by atoms with Gasteiger partial charge in [-0.1, -0.05) is 0 Å². The maximum Gasteiger partial charge on any atom is 0.127 e. The minimum atomic E-state index is -0.199. The number of nitrogens with two attached hydrogens (primary N) is 2. The lowest BCUT2D eigenvalue weighted by molar-refractivity contribution is 0.608. The van der Waals surface area contributed by atoms with Crippen LogP contribution in [0.1, 0.15) is 36.1 Å². The van der Waals surface area contributed by atoms with Gasteiger partial charge in [0, 0.05) is 11.7 Å². The van der Waals surface area contributed by atoms with Crippen molar-refractivity contribution in [3.8, 4) is 0 Å². The van der Waals surface area contributed by atoms with Crippen molar-refractivity contribution >= 4 is 5.69 Å². The Balaban J connectivity index is 2.62. The summed E-state index contributed by atoms with van der Waals surface area (Å²) < 4.78 is 13.6. The average Bonchev–Trinajstić information content (AvgIpc) is 2.59. The predicted molar refractivity (Wildman–Crippen MR) is 55.4 cm³/mol. The highest BCUT2D eigenvalue weighted by molar-refractivity contribution is 5.60. The molecule has 0 spiro atoms. The van der Waals surface area contributed by atoms with E-state index in [9.17, 15) is 4.39 Å². The summed E-state index contributed by atoms with van der Waals surface area (Å²) >= 11 is 0. The van der Waals surface area contributed by atoms with Crippen LogP contribution in [-0.4, -0.2) is 0 Å². The molecule has 0 heterocycles. The third-order valence-electron chi connectivity index (χ3n) is 2.92. The summed E-state index contributed by atoms with van der Waals surface area (Å²) in [4.78, 5) is 0. The molecule has 2 rings (SSSR count). The highest BCUT2D eigenvalue weighted by Gasteiger charge is 2.21. The Kier molecular flexibility index (Phi) is 2.19. The Bertz CT molecular complexity index is 372. The van der Waals surface area contributed by atoms with Gasteiger partial charge in [-0.3, -0.25) is 0 Å². The predicted octanol–water partition coefficient (Wildman–Crippen LogP) is 1.92. The number of fused-ring (bicyclic) bond motifs is 1. The second-order valence-corrected chi connectivity index (χ2v) is 3.96. The van der Waals surface area contributed by atoms with Crippen molar-refractivity contribution in [2.45, 2.75) is 32.2 Å². The van der Waals surface area contributed by atoms with E-state index in [1.807, 2.05) is 6.92 Å². The minimum Gasteiger partial charge on any atom is -0.398 e. The number of benzene rings is 1. The Hall–Kier alpha value is -1.09. The van der Waals surface area contributed by atoms with Gasteiger partial charge in [-0.05, 0) is 48.9 Å². The van der Waals surface area contributed by atoms with E-state index in [4.69, 9.17) is 11.5 Å². The first-order valence-electron chi connectivity index (χ1n) is 4.96. The average molecular weight is 194 g/mol. The fourth-order valence-electron chi connectivity index (χ4n) is 2.16. The molecule has 0 saturated carbocycles. The zero-order chi connectivity index (χ0) is 10.3. The van der Waals surface area contributed by atoms with Crippen LogP contribution in [0.15, 0.2) is 6.07 Å². The van der Waals surface area contributed by atoms with Crippen LogP contribution in [0.25, 0.3) is 0 Å². The molecule has 1 aliphatic rings. The van der Waals surface area contributed by atoms with Crippen LogP contribution in [0.3, 0.4) is 0 Å². The van der Waals surface area contributed by atoms with Crippen LogP contribution < -0.4 is 11.5 Å². The maximum atomic E-state index is 13.6. The zero-order valence-corrected chi connectivity index (χ0v) is 8.31. The van der Waals surface area contributed by atoms with Gasteiger partial charge in [0.2, 0.25) is 0 Å². The second kappa shape index (κ2) is 3.24. The molecule has 1 aromatic rings. The second-order valence-electron chi connectivity index (χ2n) is 3.96. The van der Waals surface area contributed by atoms with Crippen LogP contribution in [0.2, 0.25) is 0 Å². The molecule has 0 aromatic heterocycles. The molecule has 1 atom stereocenters. The highest BCUT2D eigenvalue weighted by Crippen LogP contribution is 2.34. The molecule has 0 saturated heterocycles. The van der Waals surface area contributed by atoms with Gasteiger partial charge in [0.15, 0.2) is 0 Å². The van der Waals surface area contributed by atoms with E-state index >= 15 is 0 Å². The number of hydrogen-bond donors (Lipinski definition) is 2. The summed E-state index contributed by atoms with van der Waals surface area (Å²) in [6, 6.07) is 1.29. The summed E-state index contributed by atoms with van der Waals surface area (Å²) in [7, 11) is 0. The number of hydrogen-bond acceptors (Lipinski definition) is 2. The van der Waals surface area contributed by atoms with Crippen molar-refractivity contribution in [3.05, 3.63) is 28.6 Å². The van der Waals surface area contributed by atoms with Crippen LogP contribution >= 0.6 is 0 Å². The van der Waals surface area contributed by atoms with E-state index in [1.54, 1.807) is 0 Å². The molecule has 0 radical (unpaired) electrons. The summed E-state index contributed by atoms with van der Waals surface area (Å²) in [6.45, 7) is 1.83. The Morgan fingerprint density at radius 1 is 1.36 bits per heavy atom. The molecule has 14 heavy (non-hydrogen) atoms. The highest BCUT2D eigenvalue weighted by atomic mass is 19.1. The topological polar surface area (TPSA) is 52.0 Å². The molecule has 1 aromatic carbocycles. The minimum absolute atomic E-state index is 0.140. The van der Waals surface area contributed by atoms with Crippen molar-refractivity contribution in [2.75, 3.05) is 5.73 Å². The van der Waals surface area contributed by atoms with Crippen molar-refractivity contribution in [1.82, 2.24) is 0 Å². The van der Waals surface area contributed by atoms with Gasteiger partial charge < -0.3 is 11.5 Å². The molecule has 4 N–H and O–H groups in total.